The third-order valence-corrected chi connectivity index (χ3v) is 6.84. The van der Waals surface area contributed by atoms with Crippen LogP contribution in [0.1, 0.15) is 43.5 Å². The maximum atomic E-state index is 12.9. The van der Waals surface area contributed by atoms with Gasteiger partial charge >= 0.3 is 0 Å². The molecule has 1 atom stereocenters. The van der Waals surface area contributed by atoms with Crippen molar-refractivity contribution in [2.45, 2.75) is 51.5 Å². The number of rotatable bonds is 5. The lowest BCUT2D eigenvalue weighted by atomic mass is 9.97. The van der Waals surface area contributed by atoms with Crippen LogP contribution in [0.15, 0.2) is 30.6 Å². The van der Waals surface area contributed by atoms with E-state index in [9.17, 15) is 4.79 Å². The minimum absolute atomic E-state index is 0.0422. The van der Waals surface area contributed by atoms with Crippen molar-refractivity contribution >= 4 is 34.5 Å². The van der Waals surface area contributed by atoms with Crippen molar-refractivity contribution in [3.05, 3.63) is 47.0 Å². The molecule has 2 aliphatic heterocycles. The van der Waals surface area contributed by atoms with E-state index in [1.807, 2.05) is 24.3 Å². The van der Waals surface area contributed by atoms with Crippen LogP contribution in [0.4, 0.5) is 5.82 Å². The number of piperidine rings is 1. The lowest BCUT2D eigenvalue weighted by molar-refractivity contribution is -0.125. The molecule has 1 fully saturated rings. The summed E-state index contributed by atoms with van der Waals surface area (Å²) in [6.45, 7) is 3.16. The molecular weight excluding hydrogens is 424 g/mol. The first-order valence-corrected chi connectivity index (χ1v) is 12.0. The Bertz CT molecular complexity index is 1100. The molecule has 168 valence electrons. The van der Waals surface area contributed by atoms with Gasteiger partial charge in [0, 0.05) is 37.6 Å². The van der Waals surface area contributed by atoms with E-state index in [0.717, 1.165) is 66.6 Å². The summed E-state index contributed by atoms with van der Waals surface area (Å²) in [5.74, 6) is 2.07. The highest BCUT2D eigenvalue weighted by Gasteiger charge is 2.28. The molecule has 4 heterocycles. The van der Waals surface area contributed by atoms with Crippen molar-refractivity contribution in [1.29, 1.82) is 0 Å². The Morgan fingerprint density at radius 1 is 1.09 bits per heavy atom. The highest BCUT2D eigenvalue weighted by atomic mass is 35.5. The molecule has 1 saturated heterocycles. The van der Waals surface area contributed by atoms with E-state index >= 15 is 0 Å². The first kappa shape index (κ1) is 21.2. The van der Waals surface area contributed by atoms with E-state index in [0.29, 0.717) is 13.1 Å². The third-order valence-electron chi connectivity index (χ3n) is 6.59. The number of halogens is 1. The van der Waals surface area contributed by atoms with Crippen LogP contribution in [-0.4, -0.2) is 45.1 Å². The van der Waals surface area contributed by atoms with Gasteiger partial charge in [-0.15, -0.1) is 0 Å². The molecule has 0 unspecified atom stereocenters. The fourth-order valence-corrected chi connectivity index (χ4v) is 4.99. The number of anilines is 1. The first-order valence-electron chi connectivity index (χ1n) is 11.7. The van der Waals surface area contributed by atoms with Gasteiger partial charge in [0.1, 0.15) is 12.2 Å². The Balaban J connectivity index is 1.26. The Labute approximate surface area is 193 Å². The molecule has 7 nitrogen and oxygen atoms in total. The monoisotopic (exact) mass is 452 g/mol. The highest BCUT2D eigenvalue weighted by molar-refractivity contribution is 6.30. The van der Waals surface area contributed by atoms with Gasteiger partial charge in [-0.1, -0.05) is 30.2 Å². The lowest BCUT2D eigenvalue weighted by Gasteiger charge is -2.32. The third kappa shape index (κ3) is 4.44. The van der Waals surface area contributed by atoms with Crippen molar-refractivity contribution in [1.82, 2.24) is 24.8 Å². The molecule has 0 bridgehead atoms. The summed E-state index contributed by atoms with van der Waals surface area (Å²) in [7, 11) is 0. The fraction of sp³-hybridized carbons (Fsp3) is 0.500. The maximum Gasteiger partial charge on any atom is 0.224 e. The van der Waals surface area contributed by atoms with Crippen molar-refractivity contribution < 1.29 is 4.79 Å². The average molecular weight is 453 g/mol. The van der Waals surface area contributed by atoms with Gasteiger partial charge in [-0.05, 0) is 49.8 Å². The number of hydrogen-bond acceptors (Lipinski definition) is 5. The number of fused-ring (bicyclic) bond motifs is 3. The Morgan fingerprint density at radius 3 is 2.84 bits per heavy atom. The van der Waals surface area contributed by atoms with Gasteiger partial charge in [0.15, 0.2) is 17.0 Å². The lowest BCUT2D eigenvalue weighted by Crippen LogP contribution is -2.44. The van der Waals surface area contributed by atoms with Crippen LogP contribution in [0.5, 0.6) is 0 Å². The molecule has 3 aromatic rings. The second-order valence-electron chi connectivity index (χ2n) is 8.81. The zero-order valence-corrected chi connectivity index (χ0v) is 19.0. The van der Waals surface area contributed by atoms with Gasteiger partial charge in [-0.3, -0.25) is 4.79 Å². The summed E-state index contributed by atoms with van der Waals surface area (Å²) in [5.41, 5.74) is 2.98. The summed E-state index contributed by atoms with van der Waals surface area (Å²) in [4.78, 5) is 29.2. The molecule has 2 aromatic heterocycles. The smallest absolute Gasteiger partial charge is 0.224 e. The largest absolute Gasteiger partial charge is 0.355 e. The molecule has 0 saturated carbocycles. The second kappa shape index (κ2) is 9.45. The number of aryl methyl sites for hydroxylation is 2. The number of imidazole rings is 1. The second-order valence-corrected chi connectivity index (χ2v) is 9.25. The quantitative estimate of drug-likeness (QED) is 0.637. The van der Waals surface area contributed by atoms with Crippen molar-refractivity contribution in [3.63, 3.8) is 0 Å². The number of nitrogens with zero attached hydrogens (tertiary/aromatic N) is 5. The minimum atomic E-state index is -0.0422. The standard InChI is InChI=1S/C24H29ClN6O/c25-19-9-7-17(8-10-19)11-12-26-24(32)18-5-4-13-30(15-18)22-21-23(28-16-27-22)31-14-3-1-2-6-20(31)29-21/h7-10,16,18H,1-6,11-15H2,(H,26,32)/t18-/m1/s1. The summed E-state index contributed by atoms with van der Waals surface area (Å²) in [6, 6.07) is 7.78. The molecule has 5 rings (SSSR count). The van der Waals surface area contributed by atoms with Crippen LogP contribution in [-0.2, 0) is 24.2 Å². The molecule has 1 N–H and O–H groups in total. The summed E-state index contributed by atoms with van der Waals surface area (Å²) in [5, 5.41) is 3.85. The number of carbonyl (C=O) groups is 1. The first-order chi connectivity index (χ1) is 15.7. The fourth-order valence-electron chi connectivity index (χ4n) is 4.87. The van der Waals surface area contributed by atoms with Gasteiger partial charge < -0.3 is 14.8 Å². The van der Waals surface area contributed by atoms with Gasteiger partial charge in [0.2, 0.25) is 5.91 Å². The number of aromatic nitrogens is 4. The zero-order chi connectivity index (χ0) is 21.9. The van der Waals surface area contributed by atoms with E-state index < -0.39 is 0 Å². The van der Waals surface area contributed by atoms with E-state index in [1.54, 1.807) is 6.33 Å². The van der Waals surface area contributed by atoms with Gasteiger partial charge in [-0.25, -0.2) is 15.0 Å². The summed E-state index contributed by atoms with van der Waals surface area (Å²) >= 11 is 5.95. The van der Waals surface area contributed by atoms with Gasteiger partial charge in [0.25, 0.3) is 0 Å². The Morgan fingerprint density at radius 2 is 1.97 bits per heavy atom. The maximum absolute atomic E-state index is 12.9. The van der Waals surface area contributed by atoms with E-state index in [1.165, 1.54) is 24.8 Å². The summed E-state index contributed by atoms with van der Waals surface area (Å²) in [6.07, 6.45) is 8.89. The molecular formula is C24H29ClN6O. The number of nitrogens with one attached hydrogen (secondary N) is 1. The van der Waals surface area contributed by atoms with Crippen LogP contribution in [0.3, 0.4) is 0 Å². The van der Waals surface area contributed by atoms with Crippen LogP contribution < -0.4 is 10.2 Å². The SMILES string of the molecule is O=C(NCCc1ccc(Cl)cc1)[C@@H]1CCCN(c2ncnc3c2nc2n3CCCCC2)C1. The molecule has 2 aliphatic rings. The van der Waals surface area contributed by atoms with Crippen LogP contribution in [0, 0.1) is 5.92 Å². The van der Waals surface area contributed by atoms with Gasteiger partial charge in [-0.2, -0.15) is 0 Å². The molecule has 0 spiro atoms. The molecule has 32 heavy (non-hydrogen) atoms. The van der Waals surface area contributed by atoms with E-state index in [2.05, 4.69) is 24.8 Å². The highest BCUT2D eigenvalue weighted by Crippen LogP contribution is 2.29. The number of hydrogen-bond donors (Lipinski definition) is 1. The topological polar surface area (TPSA) is 75.9 Å². The predicted octanol–water partition coefficient (Wildman–Crippen LogP) is 3.78. The number of carbonyl (C=O) groups excluding carboxylic acids is 1. The minimum Gasteiger partial charge on any atom is -0.355 e. The van der Waals surface area contributed by atoms with Crippen LogP contribution in [0.25, 0.3) is 11.2 Å². The van der Waals surface area contributed by atoms with Crippen LogP contribution >= 0.6 is 11.6 Å². The summed E-state index contributed by atoms with van der Waals surface area (Å²) < 4.78 is 2.26. The number of benzene rings is 1. The Kier molecular flexibility index (Phi) is 6.26. The van der Waals surface area contributed by atoms with Crippen molar-refractivity contribution in [2.75, 3.05) is 24.5 Å². The Hall–Kier alpha value is -2.67. The molecule has 0 radical (unpaired) electrons. The molecule has 1 aromatic carbocycles. The van der Waals surface area contributed by atoms with E-state index in [-0.39, 0.29) is 11.8 Å². The number of amides is 1. The average Bonchev–Trinajstić information content (AvgIpc) is 3.01. The van der Waals surface area contributed by atoms with Crippen molar-refractivity contribution in [3.8, 4) is 0 Å². The zero-order valence-electron chi connectivity index (χ0n) is 18.3. The molecule has 1 amide bonds. The predicted molar refractivity (Wildman–Crippen MR) is 126 cm³/mol. The van der Waals surface area contributed by atoms with Crippen LogP contribution in [0.2, 0.25) is 5.02 Å². The van der Waals surface area contributed by atoms with Gasteiger partial charge in [0.05, 0.1) is 5.92 Å². The molecule has 0 aliphatic carbocycles. The van der Waals surface area contributed by atoms with E-state index in [4.69, 9.17) is 16.6 Å². The van der Waals surface area contributed by atoms with Crippen molar-refractivity contribution in [2.24, 2.45) is 5.92 Å². The molecule has 8 heteroatoms. The normalized spacial score (nSPS) is 18.9.